The lowest BCUT2D eigenvalue weighted by Gasteiger charge is -2.08. The van der Waals surface area contributed by atoms with Crippen LogP contribution >= 0.6 is 0 Å². The van der Waals surface area contributed by atoms with Crippen molar-refractivity contribution < 1.29 is 33.0 Å². The van der Waals surface area contributed by atoms with Gasteiger partial charge in [0.15, 0.2) is 5.75 Å². The van der Waals surface area contributed by atoms with Crippen molar-refractivity contribution in [1.82, 2.24) is 0 Å². The number of benzene rings is 1. The molecule has 0 heterocycles. The molecule has 9 heteroatoms. The molecule has 0 aliphatic rings. The maximum absolute atomic E-state index is 11.5. The number of hydrogen-bond donors (Lipinski definition) is 3. The molecule has 0 saturated heterocycles. The van der Waals surface area contributed by atoms with E-state index in [9.17, 15) is 23.1 Å². The SMILES string of the molecule is COC(=O)CS(=O)(=O)Nc1ccc(C(=O)O)c(O)c1. The van der Waals surface area contributed by atoms with Crippen LogP contribution < -0.4 is 4.72 Å². The van der Waals surface area contributed by atoms with Crippen LogP contribution in [0.4, 0.5) is 5.69 Å². The summed E-state index contributed by atoms with van der Waals surface area (Å²) in [7, 11) is -2.93. The van der Waals surface area contributed by atoms with Crippen molar-refractivity contribution in [3.63, 3.8) is 0 Å². The molecule has 0 aliphatic heterocycles. The second-order valence-corrected chi connectivity index (χ2v) is 5.20. The van der Waals surface area contributed by atoms with Crippen LogP contribution in [0, 0.1) is 0 Å². The van der Waals surface area contributed by atoms with E-state index in [-0.39, 0.29) is 11.3 Å². The molecule has 0 atom stereocenters. The third-order valence-corrected chi connectivity index (χ3v) is 3.20. The van der Waals surface area contributed by atoms with Crippen LogP contribution in [-0.2, 0) is 19.6 Å². The topological polar surface area (TPSA) is 130 Å². The second-order valence-electron chi connectivity index (χ2n) is 3.47. The van der Waals surface area contributed by atoms with Crippen LogP contribution in [0.2, 0.25) is 0 Å². The number of anilines is 1. The maximum Gasteiger partial charge on any atom is 0.339 e. The van der Waals surface area contributed by atoms with Gasteiger partial charge in [-0.05, 0) is 12.1 Å². The van der Waals surface area contributed by atoms with Gasteiger partial charge in [0.25, 0.3) is 0 Å². The summed E-state index contributed by atoms with van der Waals surface area (Å²) in [4.78, 5) is 21.5. The van der Waals surface area contributed by atoms with E-state index in [2.05, 4.69) is 4.74 Å². The summed E-state index contributed by atoms with van der Waals surface area (Å²) in [5.41, 5.74) is -0.428. The van der Waals surface area contributed by atoms with E-state index in [4.69, 9.17) is 5.11 Å². The maximum atomic E-state index is 11.5. The first-order chi connectivity index (χ1) is 8.75. The number of methoxy groups -OCH3 is 1. The number of carboxylic acids is 1. The molecule has 3 N–H and O–H groups in total. The predicted molar refractivity (Wildman–Crippen MR) is 64.5 cm³/mol. The summed E-state index contributed by atoms with van der Waals surface area (Å²) < 4.78 is 29.2. The number of carbonyl (C=O) groups is 2. The van der Waals surface area contributed by atoms with Gasteiger partial charge in [-0.2, -0.15) is 0 Å². The zero-order chi connectivity index (χ0) is 14.6. The molecule has 1 aromatic rings. The number of esters is 1. The van der Waals surface area contributed by atoms with Gasteiger partial charge in [0.1, 0.15) is 11.3 Å². The average Bonchev–Trinajstić information content (AvgIpc) is 2.26. The number of nitrogens with one attached hydrogen (secondary N) is 1. The van der Waals surface area contributed by atoms with Crippen molar-refractivity contribution in [2.75, 3.05) is 17.6 Å². The Morgan fingerprint density at radius 1 is 1.37 bits per heavy atom. The van der Waals surface area contributed by atoms with Gasteiger partial charge >= 0.3 is 11.9 Å². The van der Waals surface area contributed by atoms with E-state index in [0.29, 0.717) is 0 Å². The van der Waals surface area contributed by atoms with Crippen molar-refractivity contribution in [1.29, 1.82) is 0 Å². The Balaban J connectivity index is 2.92. The Morgan fingerprint density at radius 3 is 2.47 bits per heavy atom. The quantitative estimate of drug-likeness (QED) is 0.650. The predicted octanol–water partition coefficient (Wildman–Crippen LogP) is 0.00510. The number of aromatic carboxylic acids is 1. The zero-order valence-corrected chi connectivity index (χ0v) is 10.6. The van der Waals surface area contributed by atoms with Crippen molar-refractivity contribution in [3.8, 4) is 5.75 Å². The van der Waals surface area contributed by atoms with Crippen molar-refractivity contribution in [2.24, 2.45) is 0 Å². The molecule has 0 spiro atoms. The van der Waals surface area contributed by atoms with E-state index < -0.39 is 33.5 Å². The zero-order valence-electron chi connectivity index (χ0n) is 9.78. The molecule has 1 aromatic carbocycles. The summed E-state index contributed by atoms with van der Waals surface area (Å²) in [6.45, 7) is 0. The highest BCUT2D eigenvalue weighted by atomic mass is 32.2. The Bertz CT molecular complexity index is 608. The number of carbonyl (C=O) groups excluding carboxylic acids is 1. The first-order valence-electron chi connectivity index (χ1n) is 4.89. The minimum atomic E-state index is -3.98. The van der Waals surface area contributed by atoms with Gasteiger partial charge < -0.3 is 14.9 Å². The Labute approximate surface area is 108 Å². The average molecular weight is 289 g/mol. The number of hydrogen-bond acceptors (Lipinski definition) is 6. The molecule has 8 nitrogen and oxygen atoms in total. The molecule has 0 amide bonds. The molecule has 0 saturated carbocycles. The number of carboxylic acid groups (broad SMARTS) is 1. The summed E-state index contributed by atoms with van der Waals surface area (Å²) in [5, 5.41) is 18.1. The fraction of sp³-hybridized carbons (Fsp3) is 0.200. The highest BCUT2D eigenvalue weighted by Crippen LogP contribution is 2.22. The summed E-state index contributed by atoms with van der Waals surface area (Å²) >= 11 is 0. The van der Waals surface area contributed by atoms with Gasteiger partial charge in [-0.1, -0.05) is 0 Å². The van der Waals surface area contributed by atoms with Gasteiger partial charge in [-0.3, -0.25) is 9.52 Å². The lowest BCUT2D eigenvalue weighted by molar-refractivity contribution is -0.137. The minimum absolute atomic E-state index is 0.0635. The second kappa shape index (κ2) is 5.57. The van der Waals surface area contributed by atoms with E-state index in [0.717, 1.165) is 25.3 Å². The number of ether oxygens (including phenoxy) is 1. The fourth-order valence-electron chi connectivity index (χ4n) is 1.21. The molecular formula is C10H11NO7S. The molecule has 0 aliphatic carbocycles. The number of aromatic hydroxyl groups is 1. The summed E-state index contributed by atoms with van der Waals surface area (Å²) in [6.07, 6.45) is 0. The van der Waals surface area contributed by atoms with Crippen LogP contribution in [0.15, 0.2) is 18.2 Å². The van der Waals surface area contributed by atoms with Crippen molar-refractivity contribution >= 4 is 27.6 Å². The first kappa shape index (κ1) is 14.8. The molecule has 0 unspecified atom stereocenters. The standard InChI is InChI=1S/C10H11NO7S/c1-18-9(13)5-19(16,17)11-6-2-3-7(10(14)15)8(12)4-6/h2-4,11-12H,5H2,1H3,(H,14,15). The summed E-state index contributed by atoms with van der Waals surface area (Å²) in [5.74, 6) is -3.77. The highest BCUT2D eigenvalue weighted by molar-refractivity contribution is 7.93. The molecule has 1 rings (SSSR count). The molecule has 0 fully saturated rings. The lowest BCUT2D eigenvalue weighted by atomic mass is 10.2. The smallest absolute Gasteiger partial charge is 0.339 e. The van der Waals surface area contributed by atoms with E-state index in [1.807, 2.05) is 4.72 Å². The van der Waals surface area contributed by atoms with Gasteiger partial charge in [0.05, 0.1) is 12.8 Å². The van der Waals surface area contributed by atoms with E-state index in [1.165, 1.54) is 0 Å². The van der Waals surface area contributed by atoms with Crippen molar-refractivity contribution in [2.45, 2.75) is 0 Å². The molecule has 0 bridgehead atoms. The fourth-order valence-corrected chi connectivity index (χ4v) is 2.19. The van der Waals surface area contributed by atoms with Gasteiger partial charge in [-0.25, -0.2) is 13.2 Å². The monoisotopic (exact) mass is 289 g/mol. The van der Waals surface area contributed by atoms with Gasteiger partial charge in [0.2, 0.25) is 10.0 Å². The van der Waals surface area contributed by atoms with E-state index >= 15 is 0 Å². The van der Waals surface area contributed by atoms with Crippen LogP contribution in [0.5, 0.6) is 5.75 Å². The van der Waals surface area contributed by atoms with Crippen LogP contribution in [0.3, 0.4) is 0 Å². The minimum Gasteiger partial charge on any atom is -0.507 e. The van der Waals surface area contributed by atoms with Crippen LogP contribution in [0.1, 0.15) is 10.4 Å². The Morgan fingerprint density at radius 2 is 2.00 bits per heavy atom. The van der Waals surface area contributed by atoms with Crippen LogP contribution in [-0.4, -0.2) is 43.4 Å². The van der Waals surface area contributed by atoms with Gasteiger partial charge in [-0.15, -0.1) is 0 Å². The Kier molecular flexibility index (Phi) is 4.33. The van der Waals surface area contributed by atoms with E-state index in [1.54, 1.807) is 0 Å². The lowest BCUT2D eigenvalue weighted by Crippen LogP contribution is -2.23. The summed E-state index contributed by atoms with van der Waals surface area (Å²) in [6, 6.07) is 3.12. The normalized spacial score (nSPS) is 10.8. The number of sulfonamides is 1. The van der Waals surface area contributed by atoms with Gasteiger partial charge in [0, 0.05) is 6.07 Å². The first-order valence-corrected chi connectivity index (χ1v) is 6.54. The number of phenols is 1. The molecular weight excluding hydrogens is 278 g/mol. The molecule has 0 radical (unpaired) electrons. The third-order valence-electron chi connectivity index (χ3n) is 2.04. The van der Waals surface area contributed by atoms with Crippen LogP contribution in [0.25, 0.3) is 0 Å². The largest absolute Gasteiger partial charge is 0.507 e. The number of rotatable bonds is 5. The Hall–Kier alpha value is -2.29. The highest BCUT2D eigenvalue weighted by Gasteiger charge is 2.18. The molecule has 104 valence electrons. The third kappa shape index (κ3) is 4.14. The molecule has 0 aromatic heterocycles. The molecule has 19 heavy (non-hydrogen) atoms. The van der Waals surface area contributed by atoms with Crippen molar-refractivity contribution in [3.05, 3.63) is 23.8 Å².